The van der Waals surface area contributed by atoms with Crippen LogP contribution in [0.1, 0.15) is 39.0 Å². The molecule has 1 aromatic carbocycles. The minimum Gasteiger partial charge on any atom is -0.495 e. The maximum atomic E-state index is 12.5. The summed E-state index contributed by atoms with van der Waals surface area (Å²) in [6.45, 7) is 1.53. The second-order valence-corrected chi connectivity index (χ2v) is 7.60. The molecule has 1 heterocycles. The maximum Gasteiger partial charge on any atom is 0.321 e. The quantitative estimate of drug-likeness (QED) is 0.682. The van der Waals surface area contributed by atoms with Crippen LogP contribution in [0.5, 0.6) is 5.75 Å². The number of methoxy groups -OCH3 is 1. The molecule has 9 heteroatoms. The van der Waals surface area contributed by atoms with E-state index < -0.39 is 29.9 Å². The Morgan fingerprint density at radius 1 is 1.17 bits per heavy atom. The number of amides is 4. The molecule has 9 nitrogen and oxygen atoms in total. The fraction of sp³-hybridized carbons (Fsp3) is 0.524. The second kappa shape index (κ2) is 9.60. The van der Waals surface area contributed by atoms with Gasteiger partial charge in [0.25, 0.3) is 5.91 Å². The van der Waals surface area contributed by atoms with E-state index >= 15 is 0 Å². The van der Waals surface area contributed by atoms with Crippen LogP contribution in [0.3, 0.4) is 0 Å². The van der Waals surface area contributed by atoms with E-state index in [2.05, 4.69) is 10.6 Å². The molecule has 0 radical (unpaired) electrons. The molecule has 1 aromatic rings. The highest BCUT2D eigenvalue weighted by atomic mass is 16.5. The average Bonchev–Trinajstić information content (AvgIpc) is 3.37. The number of hydrogen-bond donors (Lipinski definition) is 2. The zero-order chi connectivity index (χ0) is 21.7. The fourth-order valence-corrected chi connectivity index (χ4v) is 3.78. The van der Waals surface area contributed by atoms with E-state index in [4.69, 9.17) is 9.47 Å². The van der Waals surface area contributed by atoms with Crippen molar-refractivity contribution in [2.45, 2.75) is 51.2 Å². The number of imide groups is 1. The lowest BCUT2D eigenvalue weighted by molar-refractivity contribution is -0.158. The van der Waals surface area contributed by atoms with Crippen LogP contribution in [0.2, 0.25) is 0 Å². The summed E-state index contributed by atoms with van der Waals surface area (Å²) in [4.78, 5) is 50.5. The van der Waals surface area contributed by atoms with Gasteiger partial charge in [-0.1, -0.05) is 25.0 Å². The summed E-state index contributed by atoms with van der Waals surface area (Å²) in [6, 6.07) is 6.52. The summed E-state index contributed by atoms with van der Waals surface area (Å²) in [5.74, 6) is -1.76. The van der Waals surface area contributed by atoms with Crippen LogP contribution >= 0.6 is 0 Å². The minimum atomic E-state index is -1.15. The zero-order valence-corrected chi connectivity index (χ0v) is 17.2. The van der Waals surface area contributed by atoms with E-state index in [9.17, 15) is 19.2 Å². The van der Waals surface area contributed by atoms with Crippen LogP contribution in [-0.4, -0.2) is 49.6 Å². The third-order valence-electron chi connectivity index (χ3n) is 5.42. The van der Waals surface area contributed by atoms with E-state index in [0.717, 1.165) is 25.7 Å². The predicted octanol–water partition coefficient (Wildman–Crippen LogP) is 1.75. The van der Waals surface area contributed by atoms with E-state index in [-0.39, 0.29) is 24.9 Å². The Kier molecular flexibility index (Phi) is 6.91. The highest BCUT2D eigenvalue weighted by Crippen LogP contribution is 2.33. The van der Waals surface area contributed by atoms with Gasteiger partial charge in [-0.25, -0.2) is 4.79 Å². The van der Waals surface area contributed by atoms with Crippen LogP contribution in [0.15, 0.2) is 24.3 Å². The first-order chi connectivity index (χ1) is 14.4. The Balaban J connectivity index is 1.52. The van der Waals surface area contributed by atoms with Crippen LogP contribution in [0.4, 0.5) is 10.5 Å². The van der Waals surface area contributed by atoms with Crippen LogP contribution in [0.25, 0.3) is 0 Å². The number of rotatable bonds is 6. The normalized spacial score (nSPS) is 20.0. The maximum absolute atomic E-state index is 12.5. The number of nitrogens with one attached hydrogen (secondary N) is 2. The summed E-state index contributed by atoms with van der Waals surface area (Å²) in [7, 11) is 1.51. The van der Waals surface area contributed by atoms with E-state index in [1.54, 1.807) is 24.3 Å². The molecule has 1 saturated carbocycles. The number of para-hydroxylation sites is 2. The Hall–Kier alpha value is -3.10. The molecular formula is C21H27N3O6. The molecule has 0 unspecified atom stereocenters. The van der Waals surface area contributed by atoms with E-state index in [1.807, 2.05) is 0 Å². The molecule has 0 bridgehead atoms. The fourth-order valence-electron chi connectivity index (χ4n) is 3.78. The highest BCUT2D eigenvalue weighted by Gasteiger charge is 2.38. The van der Waals surface area contributed by atoms with Gasteiger partial charge < -0.3 is 19.7 Å². The van der Waals surface area contributed by atoms with Gasteiger partial charge in [0.2, 0.25) is 5.91 Å². The molecular weight excluding hydrogens is 390 g/mol. The van der Waals surface area contributed by atoms with Gasteiger partial charge >= 0.3 is 12.0 Å². The first-order valence-electron chi connectivity index (χ1n) is 10.1. The first-order valence-corrected chi connectivity index (χ1v) is 10.1. The van der Waals surface area contributed by atoms with Crippen molar-refractivity contribution < 1.29 is 28.7 Å². The second-order valence-electron chi connectivity index (χ2n) is 7.60. The predicted molar refractivity (Wildman–Crippen MR) is 108 cm³/mol. The lowest BCUT2D eigenvalue weighted by atomic mass is 10.1. The third kappa shape index (κ3) is 5.08. The number of carbonyl (C=O) groups is 4. The molecule has 2 atom stereocenters. The van der Waals surface area contributed by atoms with Gasteiger partial charge in [0.05, 0.1) is 18.7 Å². The average molecular weight is 417 g/mol. The number of ether oxygens (including phenoxy) is 2. The summed E-state index contributed by atoms with van der Waals surface area (Å²) in [6.07, 6.45) is 2.72. The molecule has 3 rings (SSSR count). The molecule has 2 N–H and O–H groups in total. The monoisotopic (exact) mass is 417 g/mol. The smallest absolute Gasteiger partial charge is 0.321 e. The van der Waals surface area contributed by atoms with Crippen LogP contribution in [-0.2, 0) is 19.1 Å². The van der Waals surface area contributed by atoms with Crippen LogP contribution in [0, 0.1) is 5.92 Å². The highest BCUT2D eigenvalue weighted by molar-refractivity contribution is 6.01. The molecule has 1 aliphatic heterocycles. The Labute approximate surface area is 175 Å². The van der Waals surface area contributed by atoms with Crippen molar-refractivity contribution in [2.75, 3.05) is 18.6 Å². The SMILES string of the molecule is COc1ccccc1N1C[C@H](C(=O)O[C@H](C)C(=O)NC(=O)NC2CCCC2)CC1=O. The number of urea groups is 1. The molecule has 0 spiro atoms. The molecule has 4 amide bonds. The lowest BCUT2D eigenvalue weighted by Gasteiger charge is -2.20. The topological polar surface area (TPSA) is 114 Å². The number of carbonyl (C=O) groups excluding carboxylic acids is 4. The van der Waals surface area contributed by atoms with Gasteiger partial charge in [-0.3, -0.25) is 19.7 Å². The Morgan fingerprint density at radius 2 is 1.87 bits per heavy atom. The van der Waals surface area contributed by atoms with Crippen molar-refractivity contribution in [2.24, 2.45) is 5.92 Å². The van der Waals surface area contributed by atoms with E-state index in [1.165, 1.54) is 18.9 Å². The van der Waals surface area contributed by atoms with Gasteiger partial charge in [-0.15, -0.1) is 0 Å². The summed E-state index contributed by atoms with van der Waals surface area (Å²) in [5.41, 5.74) is 0.578. The number of nitrogens with zero attached hydrogens (tertiary/aromatic N) is 1. The lowest BCUT2D eigenvalue weighted by Crippen LogP contribution is -2.47. The molecule has 1 saturated heterocycles. The summed E-state index contributed by atoms with van der Waals surface area (Å²) in [5, 5.41) is 4.94. The van der Waals surface area contributed by atoms with Gasteiger partial charge in [0.15, 0.2) is 6.10 Å². The van der Waals surface area contributed by atoms with Gasteiger partial charge in [-0.05, 0) is 31.9 Å². The standard InChI is InChI=1S/C21H27N3O6/c1-13(19(26)23-21(28)22-15-7-3-4-8-15)30-20(27)14-11-18(25)24(12-14)16-9-5-6-10-17(16)29-2/h5-6,9-10,13-15H,3-4,7-8,11-12H2,1-2H3,(H2,22,23,26,28)/t13-,14-/m1/s1. The minimum absolute atomic E-state index is 0.0204. The Bertz CT molecular complexity index is 821. The first kappa shape index (κ1) is 21.6. The number of anilines is 1. The van der Waals surface area contributed by atoms with Crippen molar-refractivity contribution in [3.8, 4) is 5.75 Å². The van der Waals surface area contributed by atoms with Crippen molar-refractivity contribution >= 4 is 29.5 Å². The number of benzene rings is 1. The van der Waals surface area contributed by atoms with Gasteiger partial charge in [0.1, 0.15) is 5.75 Å². The molecule has 2 fully saturated rings. The molecule has 0 aromatic heterocycles. The molecule has 30 heavy (non-hydrogen) atoms. The summed E-state index contributed by atoms with van der Waals surface area (Å²) >= 11 is 0. The van der Waals surface area contributed by atoms with Gasteiger partial charge in [-0.2, -0.15) is 0 Å². The third-order valence-corrected chi connectivity index (χ3v) is 5.42. The number of esters is 1. The largest absolute Gasteiger partial charge is 0.495 e. The van der Waals surface area contributed by atoms with Crippen molar-refractivity contribution in [1.29, 1.82) is 0 Å². The van der Waals surface area contributed by atoms with Crippen molar-refractivity contribution in [3.05, 3.63) is 24.3 Å². The zero-order valence-electron chi connectivity index (χ0n) is 17.2. The molecule has 1 aliphatic carbocycles. The summed E-state index contributed by atoms with van der Waals surface area (Å²) < 4.78 is 10.5. The van der Waals surface area contributed by atoms with Crippen molar-refractivity contribution in [1.82, 2.24) is 10.6 Å². The van der Waals surface area contributed by atoms with E-state index in [0.29, 0.717) is 11.4 Å². The molecule has 2 aliphatic rings. The Morgan fingerprint density at radius 3 is 2.57 bits per heavy atom. The van der Waals surface area contributed by atoms with Gasteiger partial charge in [0, 0.05) is 19.0 Å². The molecule has 162 valence electrons. The van der Waals surface area contributed by atoms with Crippen molar-refractivity contribution in [3.63, 3.8) is 0 Å². The number of hydrogen-bond acceptors (Lipinski definition) is 6. The van der Waals surface area contributed by atoms with Crippen LogP contribution < -0.4 is 20.3 Å².